The van der Waals surface area contributed by atoms with Gasteiger partial charge in [0, 0.05) is 18.0 Å². The van der Waals surface area contributed by atoms with E-state index in [0.29, 0.717) is 11.3 Å². The van der Waals surface area contributed by atoms with Gasteiger partial charge in [-0.15, -0.1) is 0 Å². The first-order valence-corrected chi connectivity index (χ1v) is 9.55. The summed E-state index contributed by atoms with van der Waals surface area (Å²) in [5, 5.41) is 2.91. The van der Waals surface area contributed by atoms with Crippen LogP contribution in [-0.2, 0) is 16.4 Å². The number of amides is 1. The first kappa shape index (κ1) is 18.1. The molecule has 130 valence electrons. The van der Waals surface area contributed by atoms with Crippen LogP contribution in [0, 0.1) is 6.92 Å². The van der Waals surface area contributed by atoms with Gasteiger partial charge in [0.1, 0.15) is 5.76 Å². The highest BCUT2D eigenvalue weighted by molar-refractivity contribution is 7.92. The van der Waals surface area contributed by atoms with Gasteiger partial charge in [-0.25, -0.2) is 8.42 Å². The quantitative estimate of drug-likeness (QED) is 0.803. The second kappa shape index (κ2) is 7.53. The number of rotatable bonds is 7. The maximum Gasteiger partial charge on any atom is 0.251 e. The van der Waals surface area contributed by atoms with Crippen molar-refractivity contribution in [2.24, 2.45) is 0 Å². The molecule has 7 heteroatoms. The van der Waals surface area contributed by atoms with E-state index in [0.717, 1.165) is 30.4 Å². The van der Waals surface area contributed by atoms with Crippen LogP contribution < -0.4 is 10.0 Å². The molecular weight excluding hydrogens is 328 g/mol. The van der Waals surface area contributed by atoms with Gasteiger partial charge >= 0.3 is 0 Å². The Morgan fingerprint density at radius 3 is 2.67 bits per heavy atom. The normalized spacial score (nSPS) is 12.6. The Kier molecular flexibility index (Phi) is 5.66. The Hall–Kier alpha value is -2.28. The predicted molar refractivity (Wildman–Crippen MR) is 93.6 cm³/mol. The summed E-state index contributed by atoms with van der Waals surface area (Å²) in [7, 11) is -3.39. The predicted octanol–water partition coefficient (Wildman–Crippen LogP) is 2.71. The molecule has 2 rings (SSSR count). The number of anilines is 1. The Labute approximate surface area is 142 Å². The van der Waals surface area contributed by atoms with E-state index < -0.39 is 10.0 Å². The summed E-state index contributed by atoms with van der Waals surface area (Å²) in [6.07, 6.45) is 4.19. The van der Waals surface area contributed by atoms with E-state index in [1.165, 1.54) is 0 Å². The molecule has 2 aromatic rings. The summed E-state index contributed by atoms with van der Waals surface area (Å²) >= 11 is 0. The number of aryl methyl sites for hydroxylation is 2. The summed E-state index contributed by atoms with van der Waals surface area (Å²) in [6, 6.07) is 8.65. The van der Waals surface area contributed by atoms with Crippen molar-refractivity contribution >= 4 is 21.6 Å². The summed E-state index contributed by atoms with van der Waals surface area (Å²) in [5.74, 6) is 0.643. The molecule has 1 amide bonds. The molecule has 0 aliphatic heterocycles. The van der Waals surface area contributed by atoms with Crippen molar-refractivity contribution in [3.63, 3.8) is 0 Å². The van der Waals surface area contributed by atoms with E-state index in [9.17, 15) is 13.2 Å². The van der Waals surface area contributed by atoms with Crippen LogP contribution >= 0.6 is 0 Å². The Bertz CT molecular complexity index is 798. The molecule has 0 spiro atoms. The zero-order valence-electron chi connectivity index (χ0n) is 14.0. The molecule has 2 N–H and O–H groups in total. The van der Waals surface area contributed by atoms with Crippen molar-refractivity contribution in [1.29, 1.82) is 0 Å². The smallest absolute Gasteiger partial charge is 0.251 e. The van der Waals surface area contributed by atoms with Gasteiger partial charge in [0.25, 0.3) is 5.91 Å². The topological polar surface area (TPSA) is 88.4 Å². The van der Waals surface area contributed by atoms with Gasteiger partial charge in [-0.2, -0.15) is 0 Å². The maximum atomic E-state index is 12.3. The van der Waals surface area contributed by atoms with Gasteiger partial charge in [0.2, 0.25) is 10.0 Å². The molecule has 1 atom stereocenters. The Morgan fingerprint density at radius 1 is 1.29 bits per heavy atom. The molecule has 24 heavy (non-hydrogen) atoms. The fourth-order valence-electron chi connectivity index (χ4n) is 2.27. The fourth-order valence-corrected chi connectivity index (χ4v) is 2.89. The van der Waals surface area contributed by atoms with Crippen LogP contribution in [0.2, 0.25) is 0 Å². The van der Waals surface area contributed by atoms with Gasteiger partial charge in [0.15, 0.2) is 0 Å². The monoisotopic (exact) mass is 350 g/mol. The van der Waals surface area contributed by atoms with Crippen LogP contribution in [0.3, 0.4) is 0 Å². The second-order valence-electron chi connectivity index (χ2n) is 5.90. The lowest BCUT2D eigenvalue weighted by molar-refractivity contribution is 0.0938. The Morgan fingerprint density at radius 2 is 2.04 bits per heavy atom. The van der Waals surface area contributed by atoms with E-state index in [2.05, 4.69) is 10.0 Å². The van der Waals surface area contributed by atoms with Crippen molar-refractivity contribution in [1.82, 2.24) is 5.32 Å². The van der Waals surface area contributed by atoms with Crippen molar-refractivity contribution in [2.45, 2.75) is 32.7 Å². The Balaban J connectivity index is 1.99. The van der Waals surface area contributed by atoms with E-state index in [-0.39, 0.29) is 11.9 Å². The molecule has 0 radical (unpaired) electrons. The molecular formula is C17H22N2O4S. The number of benzene rings is 1. The van der Waals surface area contributed by atoms with Gasteiger partial charge in [-0.1, -0.05) is 6.07 Å². The molecule has 0 saturated carbocycles. The van der Waals surface area contributed by atoms with Crippen molar-refractivity contribution in [3.05, 3.63) is 53.5 Å². The van der Waals surface area contributed by atoms with E-state index in [1.54, 1.807) is 31.4 Å². The van der Waals surface area contributed by atoms with Gasteiger partial charge in [-0.3, -0.25) is 9.52 Å². The van der Waals surface area contributed by atoms with Crippen molar-refractivity contribution in [3.8, 4) is 0 Å². The number of sulfonamides is 1. The minimum atomic E-state index is -3.39. The highest BCUT2D eigenvalue weighted by atomic mass is 32.2. The summed E-state index contributed by atoms with van der Waals surface area (Å²) in [4.78, 5) is 12.3. The number of hydrogen-bond acceptors (Lipinski definition) is 4. The summed E-state index contributed by atoms with van der Waals surface area (Å²) in [6.45, 7) is 3.70. The van der Waals surface area contributed by atoms with Gasteiger partial charge in [-0.05, 0) is 50.1 Å². The third-order valence-corrected chi connectivity index (χ3v) is 4.17. The van der Waals surface area contributed by atoms with Crippen molar-refractivity contribution < 1.29 is 17.6 Å². The highest BCUT2D eigenvalue weighted by Gasteiger charge is 2.13. The molecule has 6 nitrogen and oxygen atoms in total. The second-order valence-corrected chi connectivity index (χ2v) is 7.64. The maximum absolute atomic E-state index is 12.3. The summed E-state index contributed by atoms with van der Waals surface area (Å²) < 4.78 is 30.5. The molecule has 0 saturated heterocycles. The lowest BCUT2D eigenvalue weighted by atomic mass is 10.1. The van der Waals surface area contributed by atoms with Crippen LogP contribution in [0.15, 0.2) is 41.0 Å². The van der Waals surface area contributed by atoms with Crippen LogP contribution in [-0.4, -0.2) is 26.6 Å². The average molecular weight is 350 g/mol. The first-order chi connectivity index (χ1) is 11.2. The van der Waals surface area contributed by atoms with Crippen molar-refractivity contribution in [2.75, 3.05) is 11.0 Å². The minimum absolute atomic E-state index is 0.0322. The fraction of sp³-hybridized carbons (Fsp3) is 0.353. The zero-order valence-corrected chi connectivity index (χ0v) is 14.8. The van der Waals surface area contributed by atoms with Crippen LogP contribution in [0.1, 0.15) is 35.0 Å². The van der Waals surface area contributed by atoms with Gasteiger partial charge < -0.3 is 9.73 Å². The molecule has 1 aromatic carbocycles. The number of carbonyl (C=O) groups excluding carboxylic acids is 1. The third kappa shape index (κ3) is 5.42. The zero-order chi connectivity index (χ0) is 17.7. The van der Waals surface area contributed by atoms with Gasteiger partial charge in [0.05, 0.1) is 18.2 Å². The molecule has 0 fully saturated rings. The molecule has 0 unspecified atom stereocenters. The lowest BCUT2D eigenvalue weighted by Gasteiger charge is -2.15. The number of carbonyl (C=O) groups is 1. The standard InChI is InChI=1S/C17H22N2O4S/c1-12-6-8-14(11-16(12)19-24(3,21)22)17(20)18-13(2)7-9-15-5-4-10-23-15/h4-6,8,10-11,13,19H,7,9H2,1-3H3,(H,18,20)/t13-/m0/s1. The van der Waals surface area contributed by atoms with E-state index in [1.807, 2.05) is 19.1 Å². The average Bonchev–Trinajstić information content (AvgIpc) is 2.99. The largest absolute Gasteiger partial charge is 0.469 e. The molecule has 0 bridgehead atoms. The third-order valence-electron chi connectivity index (χ3n) is 3.58. The van der Waals surface area contributed by atoms with Crippen LogP contribution in [0.25, 0.3) is 0 Å². The number of furan rings is 1. The SMILES string of the molecule is Cc1ccc(C(=O)N[C@@H](C)CCc2ccco2)cc1NS(C)(=O)=O. The number of nitrogens with one attached hydrogen (secondary N) is 2. The van der Waals surface area contributed by atoms with Crippen LogP contribution in [0.4, 0.5) is 5.69 Å². The lowest BCUT2D eigenvalue weighted by Crippen LogP contribution is -2.33. The molecule has 1 aromatic heterocycles. The highest BCUT2D eigenvalue weighted by Crippen LogP contribution is 2.18. The minimum Gasteiger partial charge on any atom is -0.469 e. The first-order valence-electron chi connectivity index (χ1n) is 7.66. The molecule has 0 aliphatic carbocycles. The van der Waals surface area contributed by atoms with E-state index in [4.69, 9.17) is 4.42 Å². The molecule has 0 aliphatic rings. The van der Waals surface area contributed by atoms with Crippen LogP contribution in [0.5, 0.6) is 0 Å². The number of hydrogen-bond donors (Lipinski definition) is 2. The summed E-state index contributed by atoms with van der Waals surface area (Å²) in [5.41, 5.74) is 1.58. The van der Waals surface area contributed by atoms with E-state index >= 15 is 0 Å². The molecule has 1 heterocycles.